The van der Waals surface area contributed by atoms with Gasteiger partial charge in [0.1, 0.15) is 6.20 Å². The van der Waals surface area contributed by atoms with Gasteiger partial charge in [-0.2, -0.15) is 0 Å². The second kappa shape index (κ2) is 10.6. The highest BCUT2D eigenvalue weighted by atomic mass is 35.5. The highest BCUT2D eigenvalue weighted by Crippen LogP contribution is 2.21. The minimum Gasteiger partial charge on any atom is -0.387 e. The van der Waals surface area contributed by atoms with Crippen molar-refractivity contribution in [3.8, 4) is 0 Å². The number of likely N-dealkylation sites (tertiary alicyclic amines) is 1. The highest BCUT2D eigenvalue weighted by molar-refractivity contribution is 6.30. The summed E-state index contributed by atoms with van der Waals surface area (Å²) in [6.45, 7) is 4.40. The Kier molecular flexibility index (Phi) is 8.07. The average molecular weight is 469 g/mol. The SMILES string of the molecule is C[C@](O)(CN1CCC(OC/C=C/c2ccc(Cl)cc2)CC1)Cn1cc([N+](=O)[O-])nc1Cl. The van der Waals surface area contributed by atoms with E-state index in [0.29, 0.717) is 18.2 Å². The van der Waals surface area contributed by atoms with Crippen LogP contribution in [-0.4, -0.2) is 62.4 Å². The van der Waals surface area contributed by atoms with E-state index in [-0.39, 0.29) is 23.8 Å². The van der Waals surface area contributed by atoms with E-state index in [1.54, 1.807) is 6.92 Å². The first-order chi connectivity index (χ1) is 14.7. The number of halogens is 2. The Morgan fingerprint density at radius 3 is 2.58 bits per heavy atom. The number of ether oxygens (including phenoxy) is 1. The second-order valence-electron chi connectivity index (χ2n) is 8.01. The molecule has 0 spiro atoms. The zero-order valence-electron chi connectivity index (χ0n) is 17.3. The third-order valence-corrected chi connectivity index (χ3v) is 5.67. The molecule has 0 saturated carbocycles. The molecule has 31 heavy (non-hydrogen) atoms. The fourth-order valence-electron chi connectivity index (χ4n) is 3.66. The predicted molar refractivity (Wildman–Crippen MR) is 120 cm³/mol. The molecule has 0 amide bonds. The van der Waals surface area contributed by atoms with Gasteiger partial charge in [0.15, 0.2) is 0 Å². The first kappa shape index (κ1) is 23.7. The quantitative estimate of drug-likeness (QED) is 0.440. The van der Waals surface area contributed by atoms with Crippen molar-refractivity contribution in [2.45, 2.75) is 38.0 Å². The number of β-amino-alcohol motifs (C(OH)–C–C–N with tert-alkyl or cyclic N) is 1. The van der Waals surface area contributed by atoms with E-state index >= 15 is 0 Å². The lowest BCUT2D eigenvalue weighted by atomic mass is 10.0. The van der Waals surface area contributed by atoms with Gasteiger partial charge in [-0.25, -0.2) is 0 Å². The van der Waals surface area contributed by atoms with Crippen LogP contribution in [0.2, 0.25) is 10.3 Å². The lowest BCUT2D eigenvalue weighted by molar-refractivity contribution is -0.389. The molecule has 2 aromatic rings. The molecule has 1 N–H and O–H groups in total. The number of aromatic nitrogens is 2. The van der Waals surface area contributed by atoms with Gasteiger partial charge in [-0.05, 0) is 59.0 Å². The Morgan fingerprint density at radius 1 is 1.29 bits per heavy atom. The van der Waals surface area contributed by atoms with Gasteiger partial charge in [0.25, 0.3) is 0 Å². The number of hydrogen-bond acceptors (Lipinski definition) is 6. The zero-order chi connectivity index (χ0) is 22.4. The third kappa shape index (κ3) is 7.29. The van der Waals surface area contributed by atoms with E-state index in [1.165, 1.54) is 10.8 Å². The molecule has 1 fully saturated rings. The molecular formula is C21H26Cl2N4O4. The molecule has 1 aromatic carbocycles. The van der Waals surface area contributed by atoms with Crippen molar-refractivity contribution in [1.82, 2.24) is 14.5 Å². The normalized spacial score (nSPS) is 17.8. The fraction of sp³-hybridized carbons (Fsp3) is 0.476. The van der Waals surface area contributed by atoms with Crippen LogP contribution >= 0.6 is 23.2 Å². The van der Waals surface area contributed by atoms with E-state index in [1.807, 2.05) is 36.4 Å². The summed E-state index contributed by atoms with van der Waals surface area (Å²) in [4.78, 5) is 16.1. The van der Waals surface area contributed by atoms with Gasteiger partial charge in [-0.1, -0.05) is 35.9 Å². The minimum atomic E-state index is -1.10. The van der Waals surface area contributed by atoms with E-state index in [4.69, 9.17) is 27.9 Å². The summed E-state index contributed by atoms with van der Waals surface area (Å²) in [6.07, 6.45) is 7.18. The standard InChI is InChI=1S/C21H26Cl2N4O4/c1-21(28,15-26-13-19(27(29)30)24-20(26)23)14-25-10-8-18(9-11-25)31-12-2-3-16-4-6-17(22)7-5-16/h2-7,13,18,28H,8-12,14-15H2,1H3/b3-2+/t21-/m0/s1. The van der Waals surface area contributed by atoms with Crippen LogP contribution in [0.3, 0.4) is 0 Å². The summed E-state index contributed by atoms with van der Waals surface area (Å²) in [5, 5.41) is 22.3. The van der Waals surface area contributed by atoms with Crippen LogP contribution in [0.5, 0.6) is 0 Å². The van der Waals surface area contributed by atoms with Gasteiger partial charge < -0.3 is 24.9 Å². The molecule has 1 aliphatic heterocycles. The summed E-state index contributed by atoms with van der Waals surface area (Å²) in [6, 6.07) is 7.63. The number of imidazole rings is 1. The Balaban J connectivity index is 1.40. The molecule has 10 heteroatoms. The van der Waals surface area contributed by atoms with Crippen molar-refractivity contribution in [1.29, 1.82) is 0 Å². The molecule has 0 radical (unpaired) electrons. The number of nitrogens with zero attached hydrogens (tertiary/aromatic N) is 4. The lowest BCUT2D eigenvalue weighted by Gasteiger charge is -2.36. The van der Waals surface area contributed by atoms with Crippen LogP contribution in [0.25, 0.3) is 6.08 Å². The van der Waals surface area contributed by atoms with Crippen LogP contribution in [0.15, 0.2) is 36.5 Å². The molecule has 3 rings (SSSR count). The number of rotatable bonds is 9. The Hall–Kier alpha value is -1.97. The average Bonchev–Trinajstić information content (AvgIpc) is 3.07. The molecular weight excluding hydrogens is 443 g/mol. The first-order valence-corrected chi connectivity index (χ1v) is 10.8. The van der Waals surface area contributed by atoms with E-state index < -0.39 is 10.5 Å². The third-order valence-electron chi connectivity index (χ3n) is 5.12. The van der Waals surface area contributed by atoms with Gasteiger partial charge in [-0.15, -0.1) is 0 Å². The Morgan fingerprint density at radius 2 is 1.97 bits per heavy atom. The van der Waals surface area contributed by atoms with Crippen molar-refractivity contribution in [2.75, 3.05) is 26.2 Å². The zero-order valence-corrected chi connectivity index (χ0v) is 18.8. The number of piperidine rings is 1. The summed E-state index contributed by atoms with van der Waals surface area (Å²) in [5.41, 5.74) is -0.0267. The molecule has 1 aliphatic rings. The fourth-order valence-corrected chi connectivity index (χ4v) is 3.98. The van der Waals surface area contributed by atoms with Crippen molar-refractivity contribution >= 4 is 35.1 Å². The largest absolute Gasteiger partial charge is 0.387 e. The Bertz CT molecular complexity index is 907. The maximum Gasteiger partial charge on any atom is 0.383 e. The molecule has 1 saturated heterocycles. The number of benzene rings is 1. The van der Waals surface area contributed by atoms with Crippen molar-refractivity contribution < 1.29 is 14.8 Å². The van der Waals surface area contributed by atoms with Crippen LogP contribution in [0.4, 0.5) is 5.82 Å². The molecule has 0 aliphatic carbocycles. The van der Waals surface area contributed by atoms with E-state index in [2.05, 4.69) is 9.88 Å². The predicted octanol–water partition coefficient (Wildman–Crippen LogP) is 4.04. The summed E-state index contributed by atoms with van der Waals surface area (Å²) >= 11 is 11.8. The summed E-state index contributed by atoms with van der Waals surface area (Å²) in [7, 11) is 0. The van der Waals surface area contributed by atoms with Crippen LogP contribution in [0, 0.1) is 10.1 Å². The number of hydrogen-bond donors (Lipinski definition) is 1. The number of nitro groups is 1. The highest BCUT2D eigenvalue weighted by Gasteiger charge is 2.30. The summed E-state index contributed by atoms with van der Waals surface area (Å²) < 4.78 is 7.35. The van der Waals surface area contributed by atoms with Crippen molar-refractivity contribution in [3.05, 3.63) is 62.5 Å². The van der Waals surface area contributed by atoms with Gasteiger partial charge in [-0.3, -0.25) is 4.57 Å². The van der Waals surface area contributed by atoms with Gasteiger partial charge in [0, 0.05) is 24.7 Å². The van der Waals surface area contributed by atoms with E-state index in [9.17, 15) is 15.2 Å². The van der Waals surface area contributed by atoms with Crippen molar-refractivity contribution in [2.24, 2.45) is 0 Å². The molecule has 0 unspecified atom stereocenters. The molecule has 1 atom stereocenters. The number of aliphatic hydroxyl groups is 1. The molecule has 2 heterocycles. The molecule has 168 valence electrons. The second-order valence-corrected chi connectivity index (χ2v) is 8.79. The van der Waals surface area contributed by atoms with Crippen molar-refractivity contribution in [3.63, 3.8) is 0 Å². The van der Waals surface area contributed by atoms with E-state index in [0.717, 1.165) is 31.5 Å². The monoisotopic (exact) mass is 468 g/mol. The van der Waals surface area contributed by atoms with Gasteiger partial charge >= 0.3 is 11.1 Å². The first-order valence-electron chi connectivity index (χ1n) is 10.1. The topological polar surface area (TPSA) is 93.7 Å². The lowest BCUT2D eigenvalue weighted by Crippen LogP contribution is -2.47. The maximum atomic E-state index is 10.8. The van der Waals surface area contributed by atoms with Gasteiger partial charge in [0.2, 0.25) is 0 Å². The smallest absolute Gasteiger partial charge is 0.383 e. The van der Waals surface area contributed by atoms with Crippen LogP contribution < -0.4 is 0 Å². The molecule has 8 nitrogen and oxygen atoms in total. The Labute approximate surface area is 191 Å². The maximum absolute atomic E-state index is 10.8. The molecule has 0 bridgehead atoms. The van der Waals surface area contributed by atoms with Crippen LogP contribution in [-0.2, 0) is 11.3 Å². The molecule has 1 aromatic heterocycles. The van der Waals surface area contributed by atoms with Gasteiger partial charge in [0.05, 0.1) is 24.9 Å². The summed E-state index contributed by atoms with van der Waals surface area (Å²) in [5.74, 6) is -0.330. The van der Waals surface area contributed by atoms with Crippen LogP contribution in [0.1, 0.15) is 25.3 Å². The minimum absolute atomic E-state index is 0.00858.